The molecule has 0 bridgehead atoms. The van der Waals surface area contributed by atoms with Crippen LogP contribution in [0.25, 0.3) is 0 Å². The smallest absolute Gasteiger partial charge is 0.307 e. The highest BCUT2D eigenvalue weighted by Crippen LogP contribution is 2.04. The predicted molar refractivity (Wildman–Crippen MR) is 58.1 cm³/mol. The summed E-state index contributed by atoms with van der Waals surface area (Å²) in [6.07, 6.45) is 0.188. The summed E-state index contributed by atoms with van der Waals surface area (Å²) in [5.74, 6) is -0.539. The zero-order valence-corrected chi connectivity index (χ0v) is 9.99. The third-order valence-corrected chi connectivity index (χ3v) is 2.57. The number of methoxy groups -OCH3 is 1. The summed E-state index contributed by atoms with van der Waals surface area (Å²) in [6, 6.07) is 0. The molecule has 7 heteroatoms. The van der Waals surface area contributed by atoms with E-state index < -0.39 is 0 Å². The highest BCUT2D eigenvalue weighted by molar-refractivity contribution is 7.03. The molecule has 1 aromatic heterocycles. The first-order valence-corrected chi connectivity index (χ1v) is 5.65. The number of amides is 1. The van der Waals surface area contributed by atoms with E-state index in [1.54, 1.807) is 5.38 Å². The van der Waals surface area contributed by atoms with Gasteiger partial charge in [-0.1, -0.05) is 4.49 Å². The van der Waals surface area contributed by atoms with Gasteiger partial charge in [0.05, 0.1) is 13.5 Å². The van der Waals surface area contributed by atoms with Gasteiger partial charge >= 0.3 is 5.97 Å². The Labute approximate surface area is 97.4 Å². The van der Waals surface area contributed by atoms with Crippen molar-refractivity contribution in [1.29, 1.82) is 0 Å². The van der Waals surface area contributed by atoms with E-state index in [0.29, 0.717) is 18.8 Å². The van der Waals surface area contributed by atoms with Crippen molar-refractivity contribution < 1.29 is 14.3 Å². The van der Waals surface area contributed by atoms with Gasteiger partial charge in [0, 0.05) is 18.5 Å². The van der Waals surface area contributed by atoms with Crippen molar-refractivity contribution in [3.63, 3.8) is 0 Å². The van der Waals surface area contributed by atoms with Gasteiger partial charge in [-0.05, 0) is 18.5 Å². The van der Waals surface area contributed by atoms with Crippen molar-refractivity contribution in [2.75, 3.05) is 20.2 Å². The molecule has 1 rings (SSSR count). The fraction of sp³-hybridized carbons (Fsp3) is 0.556. The zero-order chi connectivity index (χ0) is 12.0. The summed E-state index contributed by atoms with van der Waals surface area (Å²) in [4.78, 5) is 24.3. The van der Waals surface area contributed by atoms with Crippen LogP contribution in [0.4, 0.5) is 0 Å². The molecule has 0 saturated heterocycles. The van der Waals surface area contributed by atoms with E-state index in [-0.39, 0.29) is 18.3 Å². The first kappa shape index (κ1) is 12.6. The van der Waals surface area contributed by atoms with E-state index >= 15 is 0 Å². The van der Waals surface area contributed by atoms with E-state index in [4.69, 9.17) is 0 Å². The molecule has 16 heavy (non-hydrogen) atoms. The Kier molecular flexibility index (Phi) is 4.84. The fourth-order valence-electron chi connectivity index (χ4n) is 1.15. The zero-order valence-electron chi connectivity index (χ0n) is 9.17. The SMILES string of the molecule is CCN(CCC(=O)OC)C(=O)c1csnn1. The lowest BCUT2D eigenvalue weighted by molar-refractivity contribution is -0.140. The number of aromatic nitrogens is 2. The van der Waals surface area contributed by atoms with E-state index in [1.807, 2.05) is 6.92 Å². The molecule has 0 radical (unpaired) electrons. The summed E-state index contributed by atoms with van der Waals surface area (Å²) in [5, 5.41) is 5.28. The molecule has 1 amide bonds. The number of esters is 1. The molecule has 0 aromatic carbocycles. The lowest BCUT2D eigenvalue weighted by atomic mass is 10.3. The average Bonchev–Trinajstić information content (AvgIpc) is 2.82. The van der Waals surface area contributed by atoms with Gasteiger partial charge in [0.15, 0.2) is 5.69 Å². The van der Waals surface area contributed by atoms with Crippen LogP contribution in [0.1, 0.15) is 23.8 Å². The first-order chi connectivity index (χ1) is 7.69. The van der Waals surface area contributed by atoms with E-state index in [1.165, 1.54) is 12.0 Å². The van der Waals surface area contributed by atoms with E-state index in [2.05, 4.69) is 14.3 Å². The summed E-state index contributed by atoms with van der Waals surface area (Å²) >= 11 is 1.12. The Morgan fingerprint density at radius 2 is 2.31 bits per heavy atom. The van der Waals surface area contributed by atoms with Crippen LogP contribution in [0.3, 0.4) is 0 Å². The summed E-state index contributed by atoms with van der Waals surface area (Å²) in [7, 11) is 1.32. The van der Waals surface area contributed by atoms with Gasteiger partial charge in [-0.25, -0.2) is 0 Å². The maximum Gasteiger partial charge on any atom is 0.307 e. The van der Waals surface area contributed by atoms with Crippen LogP contribution in [0.15, 0.2) is 5.38 Å². The topological polar surface area (TPSA) is 72.4 Å². The van der Waals surface area contributed by atoms with E-state index in [0.717, 1.165) is 11.5 Å². The Hall–Kier alpha value is -1.50. The Morgan fingerprint density at radius 3 is 2.81 bits per heavy atom. The van der Waals surface area contributed by atoms with Gasteiger partial charge in [-0.2, -0.15) is 0 Å². The maximum absolute atomic E-state index is 11.8. The van der Waals surface area contributed by atoms with Gasteiger partial charge in [-0.3, -0.25) is 9.59 Å². The predicted octanol–water partition coefficient (Wildman–Crippen LogP) is 0.563. The monoisotopic (exact) mass is 243 g/mol. The number of nitrogens with zero attached hydrogens (tertiary/aromatic N) is 3. The lowest BCUT2D eigenvalue weighted by Crippen LogP contribution is -2.33. The van der Waals surface area contributed by atoms with Crippen LogP contribution in [0, 0.1) is 0 Å². The summed E-state index contributed by atoms with van der Waals surface area (Å²) in [5.41, 5.74) is 0.316. The minimum absolute atomic E-state index is 0.188. The molecular weight excluding hydrogens is 230 g/mol. The molecule has 0 N–H and O–H groups in total. The molecule has 1 heterocycles. The molecule has 0 unspecified atom stereocenters. The standard InChI is InChI=1S/C9H13N3O3S/c1-3-12(5-4-8(13)15-2)9(14)7-6-16-11-10-7/h6H,3-5H2,1-2H3. The van der Waals surface area contributed by atoms with E-state index in [9.17, 15) is 9.59 Å². The second kappa shape index (κ2) is 6.16. The van der Waals surface area contributed by atoms with Gasteiger partial charge in [-0.15, -0.1) is 5.10 Å². The Morgan fingerprint density at radius 1 is 1.56 bits per heavy atom. The number of carbonyl (C=O) groups excluding carboxylic acids is 2. The molecule has 0 aliphatic rings. The average molecular weight is 243 g/mol. The van der Waals surface area contributed by atoms with Crippen LogP contribution >= 0.6 is 11.5 Å². The molecule has 1 aromatic rings. The van der Waals surface area contributed by atoms with Gasteiger partial charge in [0.2, 0.25) is 0 Å². The molecule has 0 aliphatic heterocycles. The molecule has 88 valence electrons. The minimum Gasteiger partial charge on any atom is -0.469 e. The summed E-state index contributed by atoms with van der Waals surface area (Å²) < 4.78 is 8.14. The number of carbonyl (C=O) groups is 2. The third kappa shape index (κ3) is 3.27. The number of rotatable bonds is 5. The number of hydrogen-bond donors (Lipinski definition) is 0. The Bertz CT molecular complexity index is 353. The second-order valence-corrected chi connectivity index (χ2v) is 3.61. The van der Waals surface area contributed by atoms with Crippen molar-refractivity contribution in [3.8, 4) is 0 Å². The highest BCUT2D eigenvalue weighted by Gasteiger charge is 2.17. The quantitative estimate of drug-likeness (QED) is 0.707. The van der Waals surface area contributed by atoms with Crippen LogP contribution in [-0.4, -0.2) is 46.6 Å². The minimum atomic E-state index is -0.331. The number of ether oxygens (including phenoxy) is 1. The molecule has 0 fully saturated rings. The molecular formula is C9H13N3O3S. The van der Waals surface area contributed by atoms with Crippen LogP contribution < -0.4 is 0 Å². The maximum atomic E-state index is 11.8. The first-order valence-electron chi connectivity index (χ1n) is 4.82. The van der Waals surface area contributed by atoms with Crippen molar-refractivity contribution in [1.82, 2.24) is 14.5 Å². The summed E-state index contributed by atoms with van der Waals surface area (Å²) in [6.45, 7) is 2.70. The van der Waals surface area contributed by atoms with Crippen molar-refractivity contribution in [2.24, 2.45) is 0 Å². The molecule has 0 atom stereocenters. The van der Waals surface area contributed by atoms with Crippen molar-refractivity contribution >= 4 is 23.4 Å². The Balaban J connectivity index is 2.54. The molecule has 0 saturated carbocycles. The third-order valence-electron chi connectivity index (χ3n) is 2.06. The van der Waals surface area contributed by atoms with Crippen molar-refractivity contribution in [2.45, 2.75) is 13.3 Å². The van der Waals surface area contributed by atoms with Gasteiger partial charge < -0.3 is 9.64 Å². The molecule has 0 spiro atoms. The van der Waals surface area contributed by atoms with Crippen LogP contribution in [-0.2, 0) is 9.53 Å². The lowest BCUT2D eigenvalue weighted by Gasteiger charge is -2.18. The largest absolute Gasteiger partial charge is 0.469 e. The number of hydrogen-bond acceptors (Lipinski definition) is 6. The van der Waals surface area contributed by atoms with Gasteiger partial charge in [0.1, 0.15) is 0 Å². The molecule has 6 nitrogen and oxygen atoms in total. The fourth-order valence-corrected chi connectivity index (χ4v) is 1.58. The highest BCUT2D eigenvalue weighted by atomic mass is 32.1. The normalized spacial score (nSPS) is 9.88. The van der Waals surface area contributed by atoms with Crippen molar-refractivity contribution in [3.05, 3.63) is 11.1 Å². The second-order valence-electron chi connectivity index (χ2n) is 3.00. The van der Waals surface area contributed by atoms with Crippen LogP contribution in [0.5, 0.6) is 0 Å². The molecule has 0 aliphatic carbocycles. The van der Waals surface area contributed by atoms with Gasteiger partial charge in [0.25, 0.3) is 5.91 Å². The van der Waals surface area contributed by atoms with Crippen LogP contribution in [0.2, 0.25) is 0 Å².